The van der Waals surface area contributed by atoms with Crippen LogP contribution in [0.15, 0.2) is 78.9 Å². The molecule has 0 atom stereocenters. The molecular formula is C31H24F4. The third-order valence-corrected chi connectivity index (χ3v) is 5.91. The molecule has 0 aromatic heterocycles. The highest BCUT2D eigenvalue weighted by Gasteiger charge is 2.13. The molecule has 0 amide bonds. The van der Waals surface area contributed by atoms with Crippen LogP contribution < -0.4 is 0 Å². The van der Waals surface area contributed by atoms with Gasteiger partial charge in [0, 0.05) is 10.9 Å². The maximum absolute atomic E-state index is 14.6. The van der Waals surface area contributed by atoms with Crippen LogP contribution >= 0.6 is 0 Å². The first-order valence-corrected chi connectivity index (χ1v) is 11.5. The summed E-state index contributed by atoms with van der Waals surface area (Å²) in [6, 6.07) is 18.7. The highest BCUT2D eigenvalue weighted by atomic mass is 19.2. The third-order valence-electron chi connectivity index (χ3n) is 5.91. The van der Waals surface area contributed by atoms with Gasteiger partial charge in [-0.2, -0.15) is 0 Å². The summed E-state index contributed by atoms with van der Waals surface area (Å²) in [5.41, 5.74) is 4.06. The quantitative estimate of drug-likeness (QED) is 0.115. The second-order valence-electron chi connectivity index (χ2n) is 8.41. The Hall–Kier alpha value is -3.84. The third kappa shape index (κ3) is 6.00. The lowest BCUT2D eigenvalue weighted by Crippen LogP contribution is -1.94. The lowest BCUT2D eigenvalue weighted by molar-refractivity contribution is 0.453. The second-order valence-corrected chi connectivity index (χ2v) is 8.41. The van der Waals surface area contributed by atoms with Crippen LogP contribution in [0.3, 0.4) is 0 Å². The summed E-state index contributed by atoms with van der Waals surface area (Å²) in [4.78, 5) is 0. The molecule has 0 aliphatic carbocycles. The summed E-state index contributed by atoms with van der Waals surface area (Å²) in [5, 5.41) is 0.156. The summed E-state index contributed by atoms with van der Waals surface area (Å²) >= 11 is 0. The van der Waals surface area contributed by atoms with E-state index in [1.54, 1.807) is 6.07 Å². The number of hydrogen-bond donors (Lipinski definition) is 0. The predicted octanol–water partition coefficient (Wildman–Crippen LogP) is 8.09. The summed E-state index contributed by atoms with van der Waals surface area (Å²) < 4.78 is 55.4. The average Bonchev–Trinajstić information content (AvgIpc) is 2.86. The van der Waals surface area contributed by atoms with E-state index in [0.717, 1.165) is 30.9 Å². The average molecular weight is 473 g/mol. The number of benzene rings is 4. The second kappa shape index (κ2) is 11.1. The van der Waals surface area contributed by atoms with Gasteiger partial charge in [-0.05, 0) is 85.0 Å². The van der Waals surface area contributed by atoms with E-state index in [0.29, 0.717) is 12.0 Å². The lowest BCUT2D eigenvalue weighted by atomic mass is 10.0. The SMILES string of the molecule is C/C=C/CCc1ccc(CCc2ccc(C#Cc3ccc4c(F)c(F)c(F)cc4c3)c(F)c2)cc1. The molecule has 0 fully saturated rings. The van der Waals surface area contributed by atoms with E-state index in [4.69, 9.17) is 0 Å². The van der Waals surface area contributed by atoms with Crippen LogP contribution in [0, 0.1) is 35.1 Å². The van der Waals surface area contributed by atoms with Gasteiger partial charge in [0.1, 0.15) is 5.82 Å². The van der Waals surface area contributed by atoms with Crippen LogP contribution in [-0.4, -0.2) is 0 Å². The summed E-state index contributed by atoms with van der Waals surface area (Å²) in [6.45, 7) is 2.02. The highest BCUT2D eigenvalue weighted by Crippen LogP contribution is 2.24. The molecule has 4 aromatic carbocycles. The number of hydrogen-bond acceptors (Lipinski definition) is 0. The van der Waals surface area contributed by atoms with E-state index in [1.807, 2.05) is 13.0 Å². The van der Waals surface area contributed by atoms with E-state index in [-0.39, 0.29) is 16.3 Å². The van der Waals surface area contributed by atoms with Crippen LogP contribution in [0.25, 0.3) is 10.8 Å². The first-order chi connectivity index (χ1) is 16.9. The predicted molar refractivity (Wildman–Crippen MR) is 133 cm³/mol. The van der Waals surface area contributed by atoms with Crippen molar-refractivity contribution in [3.05, 3.63) is 130 Å². The van der Waals surface area contributed by atoms with E-state index in [9.17, 15) is 17.6 Å². The minimum Gasteiger partial charge on any atom is -0.206 e. The molecule has 0 saturated carbocycles. The molecular weight excluding hydrogens is 448 g/mol. The molecule has 4 aromatic rings. The monoisotopic (exact) mass is 472 g/mol. The molecule has 0 nitrogen and oxygen atoms in total. The van der Waals surface area contributed by atoms with Gasteiger partial charge < -0.3 is 0 Å². The molecule has 0 aliphatic heterocycles. The number of aryl methyl sites for hydroxylation is 3. The molecule has 0 saturated heterocycles. The minimum atomic E-state index is -1.50. The Morgan fingerprint density at radius 1 is 0.657 bits per heavy atom. The Kier molecular flexibility index (Phi) is 7.67. The zero-order valence-electron chi connectivity index (χ0n) is 19.3. The topological polar surface area (TPSA) is 0 Å². The van der Waals surface area contributed by atoms with E-state index >= 15 is 0 Å². The first-order valence-electron chi connectivity index (χ1n) is 11.5. The Balaban J connectivity index is 1.42. The summed E-state index contributed by atoms with van der Waals surface area (Å²) in [5.74, 6) is 1.16. The fourth-order valence-electron chi connectivity index (χ4n) is 3.92. The van der Waals surface area contributed by atoms with Crippen molar-refractivity contribution in [3.8, 4) is 11.8 Å². The molecule has 0 radical (unpaired) electrons. The van der Waals surface area contributed by atoms with Gasteiger partial charge in [-0.15, -0.1) is 0 Å². The number of rotatable bonds is 6. The van der Waals surface area contributed by atoms with Crippen LogP contribution in [0.4, 0.5) is 17.6 Å². The molecule has 0 aliphatic rings. The van der Waals surface area contributed by atoms with E-state index in [2.05, 4.69) is 48.3 Å². The van der Waals surface area contributed by atoms with E-state index < -0.39 is 23.3 Å². The first kappa shape index (κ1) is 24.3. The van der Waals surface area contributed by atoms with Crippen molar-refractivity contribution < 1.29 is 17.6 Å². The molecule has 0 N–H and O–H groups in total. The maximum atomic E-state index is 14.6. The fraction of sp³-hybridized carbons (Fsp3) is 0.161. The molecule has 35 heavy (non-hydrogen) atoms. The minimum absolute atomic E-state index is 0.0340. The Morgan fingerprint density at radius 3 is 2.06 bits per heavy atom. The number of allylic oxidation sites excluding steroid dienone is 2. The van der Waals surface area contributed by atoms with Gasteiger partial charge in [0.15, 0.2) is 17.5 Å². The smallest absolute Gasteiger partial charge is 0.195 e. The Bertz CT molecular complexity index is 1440. The molecule has 4 heteroatoms. The van der Waals surface area contributed by atoms with Gasteiger partial charge in [0.25, 0.3) is 0 Å². The van der Waals surface area contributed by atoms with Crippen molar-refractivity contribution in [2.75, 3.05) is 0 Å². The van der Waals surface area contributed by atoms with Crippen LogP contribution in [0.2, 0.25) is 0 Å². The zero-order chi connectivity index (χ0) is 24.8. The summed E-state index contributed by atoms with van der Waals surface area (Å²) in [7, 11) is 0. The van der Waals surface area contributed by atoms with Crippen molar-refractivity contribution in [2.45, 2.75) is 32.6 Å². The molecule has 176 valence electrons. The Labute approximate surface area is 202 Å². The van der Waals surface area contributed by atoms with E-state index in [1.165, 1.54) is 35.4 Å². The molecule has 4 rings (SSSR count). The van der Waals surface area contributed by atoms with Gasteiger partial charge in [0.2, 0.25) is 0 Å². The number of fused-ring (bicyclic) bond motifs is 1. The van der Waals surface area contributed by atoms with Gasteiger partial charge in [-0.25, -0.2) is 17.6 Å². The van der Waals surface area contributed by atoms with Gasteiger partial charge in [-0.3, -0.25) is 0 Å². The van der Waals surface area contributed by atoms with Gasteiger partial charge in [-0.1, -0.05) is 60.4 Å². The molecule has 0 spiro atoms. The Morgan fingerprint density at radius 2 is 1.34 bits per heavy atom. The molecule has 0 unspecified atom stereocenters. The normalized spacial score (nSPS) is 11.1. The fourth-order valence-corrected chi connectivity index (χ4v) is 3.92. The zero-order valence-corrected chi connectivity index (χ0v) is 19.3. The largest absolute Gasteiger partial charge is 0.206 e. The van der Waals surface area contributed by atoms with Crippen molar-refractivity contribution in [1.82, 2.24) is 0 Å². The highest BCUT2D eigenvalue weighted by molar-refractivity contribution is 5.84. The molecule has 0 heterocycles. The van der Waals surface area contributed by atoms with Crippen LogP contribution in [0.1, 0.15) is 41.2 Å². The van der Waals surface area contributed by atoms with Crippen molar-refractivity contribution in [2.24, 2.45) is 0 Å². The number of halogens is 4. The maximum Gasteiger partial charge on any atom is 0.195 e. The van der Waals surface area contributed by atoms with Crippen LogP contribution in [0.5, 0.6) is 0 Å². The standard InChI is InChI=1S/C31H24F4/c1-2-3-4-5-21-6-8-22(9-7-21)10-11-24-13-16-25(28(32)19-24)15-12-23-14-17-27-26(18-23)20-29(33)31(35)30(27)34/h2-3,6-9,13-14,16-20H,4-5,10-11H2,1H3/b3-2+. The van der Waals surface area contributed by atoms with Crippen molar-refractivity contribution in [1.29, 1.82) is 0 Å². The lowest BCUT2D eigenvalue weighted by Gasteiger charge is -2.05. The molecule has 0 bridgehead atoms. The van der Waals surface area contributed by atoms with Gasteiger partial charge in [0.05, 0.1) is 5.56 Å². The van der Waals surface area contributed by atoms with Crippen molar-refractivity contribution >= 4 is 10.8 Å². The van der Waals surface area contributed by atoms with Crippen molar-refractivity contribution in [3.63, 3.8) is 0 Å². The summed E-state index contributed by atoms with van der Waals surface area (Å²) in [6.07, 6.45) is 7.78. The van der Waals surface area contributed by atoms with Crippen LogP contribution in [-0.2, 0) is 19.3 Å². The van der Waals surface area contributed by atoms with Gasteiger partial charge >= 0.3 is 0 Å².